The van der Waals surface area contributed by atoms with Crippen LogP contribution in [0.1, 0.15) is 51.0 Å². The van der Waals surface area contributed by atoms with Gasteiger partial charge < -0.3 is 5.32 Å². The standard InChI is InChI=1S/C15H23NS2/c1-4-6-11(3)9-12(16-5-2)14-10-15-13(18-14)7-8-17-15/h7-8,10-12,16H,4-6,9H2,1-3H3. The molecular weight excluding hydrogens is 258 g/mol. The molecule has 0 aliphatic rings. The van der Waals surface area contributed by atoms with E-state index >= 15 is 0 Å². The highest BCUT2D eigenvalue weighted by molar-refractivity contribution is 7.26. The molecule has 0 aliphatic carbocycles. The van der Waals surface area contributed by atoms with Crippen LogP contribution in [0.4, 0.5) is 0 Å². The molecule has 1 N–H and O–H groups in total. The average Bonchev–Trinajstić information content (AvgIpc) is 2.88. The van der Waals surface area contributed by atoms with Crippen molar-refractivity contribution < 1.29 is 0 Å². The number of nitrogens with one attached hydrogen (secondary N) is 1. The van der Waals surface area contributed by atoms with Gasteiger partial charge in [-0.2, -0.15) is 0 Å². The Kier molecular flexibility index (Phi) is 5.22. The van der Waals surface area contributed by atoms with E-state index in [0.29, 0.717) is 6.04 Å². The summed E-state index contributed by atoms with van der Waals surface area (Å²) >= 11 is 3.82. The molecule has 2 aromatic heterocycles. The molecule has 2 rings (SSSR count). The molecule has 0 radical (unpaired) electrons. The molecule has 0 bridgehead atoms. The lowest BCUT2D eigenvalue weighted by atomic mass is 9.96. The minimum Gasteiger partial charge on any atom is -0.310 e. The van der Waals surface area contributed by atoms with Crippen LogP contribution in [0.25, 0.3) is 9.40 Å². The first-order chi connectivity index (χ1) is 8.74. The van der Waals surface area contributed by atoms with Crippen molar-refractivity contribution in [3.63, 3.8) is 0 Å². The summed E-state index contributed by atoms with van der Waals surface area (Å²) in [6, 6.07) is 5.17. The Morgan fingerprint density at radius 1 is 1.28 bits per heavy atom. The van der Waals surface area contributed by atoms with E-state index in [9.17, 15) is 0 Å². The van der Waals surface area contributed by atoms with E-state index in [1.54, 1.807) is 0 Å². The van der Waals surface area contributed by atoms with Gasteiger partial charge in [0.1, 0.15) is 0 Å². The third-order valence-electron chi connectivity index (χ3n) is 3.37. The summed E-state index contributed by atoms with van der Waals surface area (Å²) in [5.41, 5.74) is 0. The second kappa shape index (κ2) is 6.69. The van der Waals surface area contributed by atoms with Crippen LogP contribution in [0.5, 0.6) is 0 Å². The Balaban J connectivity index is 2.11. The maximum Gasteiger partial charge on any atom is 0.0454 e. The molecule has 0 saturated carbocycles. The van der Waals surface area contributed by atoms with Crippen LogP contribution in [0.15, 0.2) is 17.5 Å². The Labute approximate surface area is 118 Å². The van der Waals surface area contributed by atoms with Gasteiger partial charge in [0.05, 0.1) is 0 Å². The van der Waals surface area contributed by atoms with E-state index in [2.05, 4.69) is 43.6 Å². The molecule has 2 atom stereocenters. The molecule has 0 saturated heterocycles. The van der Waals surface area contributed by atoms with Gasteiger partial charge in [-0.05, 0) is 36.4 Å². The third-order valence-corrected chi connectivity index (χ3v) is 5.58. The summed E-state index contributed by atoms with van der Waals surface area (Å²) in [6.45, 7) is 7.91. The minimum atomic E-state index is 0.543. The first kappa shape index (κ1) is 14.0. The maximum atomic E-state index is 3.65. The highest BCUT2D eigenvalue weighted by Gasteiger charge is 2.16. The van der Waals surface area contributed by atoms with Gasteiger partial charge in [0.2, 0.25) is 0 Å². The highest BCUT2D eigenvalue weighted by atomic mass is 32.1. The van der Waals surface area contributed by atoms with Gasteiger partial charge in [-0.25, -0.2) is 0 Å². The van der Waals surface area contributed by atoms with E-state index in [1.165, 1.54) is 33.5 Å². The van der Waals surface area contributed by atoms with Gasteiger partial charge in [-0.1, -0.05) is 33.6 Å². The summed E-state index contributed by atoms with van der Waals surface area (Å²) in [6.07, 6.45) is 3.89. The number of hydrogen-bond donors (Lipinski definition) is 1. The summed E-state index contributed by atoms with van der Waals surface area (Å²) in [4.78, 5) is 1.52. The predicted molar refractivity (Wildman–Crippen MR) is 84.8 cm³/mol. The van der Waals surface area contributed by atoms with Crippen molar-refractivity contribution in [1.82, 2.24) is 5.32 Å². The van der Waals surface area contributed by atoms with Crippen LogP contribution >= 0.6 is 22.7 Å². The molecule has 2 aromatic rings. The molecule has 18 heavy (non-hydrogen) atoms. The van der Waals surface area contributed by atoms with Crippen molar-refractivity contribution in [3.05, 3.63) is 22.4 Å². The van der Waals surface area contributed by atoms with Gasteiger partial charge in [-0.15, -0.1) is 22.7 Å². The lowest BCUT2D eigenvalue weighted by Gasteiger charge is -2.20. The molecule has 0 fully saturated rings. The second-order valence-electron chi connectivity index (χ2n) is 5.04. The van der Waals surface area contributed by atoms with Crippen molar-refractivity contribution in [2.75, 3.05) is 6.54 Å². The summed E-state index contributed by atoms with van der Waals surface area (Å²) < 4.78 is 2.89. The number of hydrogen-bond acceptors (Lipinski definition) is 3. The van der Waals surface area contributed by atoms with Crippen LogP contribution in [0, 0.1) is 5.92 Å². The molecule has 3 heteroatoms. The number of fused-ring (bicyclic) bond motifs is 1. The number of rotatable bonds is 7. The maximum absolute atomic E-state index is 3.65. The van der Waals surface area contributed by atoms with Gasteiger partial charge in [0.15, 0.2) is 0 Å². The van der Waals surface area contributed by atoms with Crippen LogP contribution in [0.3, 0.4) is 0 Å². The lowest BCUT2D eigenvalue weighted by molar-refractivity contribution is 0.399. The molecule has 100 valence electrons. The SMILES string of the molecule is CCCC(C)CC(NCC)c1cc2sccc2s1. The Hall–Kier alpha value is -0.380. The zero-order valence-electron chi connectivity index (χ0n) is 11.5. The van der Waals surface area contributed by atoms with Gasteiger partial charge in [0.25, 0.3) is 0 Å². The van der Waals surface area contributed by atoms with Crippen molar-refractivity contribution >= 4 is 32.1 Å². The summed E-state index contributed by atoms with van der Waals surface area (Å²) in [7, 11) is 0. The molecule has 1 nitrogen and oxygen atoms in total. The highest BCUT2D eigenvalue weighted by Crippen LogP contribution is 2.35. The topological polar surface area (TPSA) is 12.0 Å². The van der Waals surface area contributed by atoms with Crippen molar-refractivity contribution in [2.24, 2.45) is 5.92 Å². The number of thiophene rings is 2. The van der Waals surface area contributed by atoms with E-state index < -0.39 is 0 Å². The van der Waals surface area contributed by atoms with Crippen LogP contribution < -0.4 is 5.32 Å². The van der Waals surface area contributed by atoms with E-state index in [-0.39, 0.29) is 0 Å². The molecule has 2 unspecified atom stereocenters. The van der Waals surface area contributed by atoms with Crippen molar-refractivity contribution in [2.45, 2.75) is 46.1 Å². The third kappa shape index (κ3) is 3.34. The molecule has 0 aromatic carbocycles. The smallest absolute Gasteiger partial charge is 0.0454 e. The normalized spacial score (nSPS) is 15.1. The van der Waals surface area contributed by atoms with Crippen molar-refractivity contribution in [3.8, 4) is 0 Å². The molecule has 2 heterocycles. The monoisotopic (exact) mass is 281 g/mol. The fourth-order valence-corrected chi connectivity index (χ4v) is 4.72. The Morgan fingerprint density at radius 2 is 2.11 bits per heavy atom. The van der Waals surface area contributed by atoms with Crippen molar-refractivity contribution in [1.29, 1.82) is 0 Å². The summed E-state index contributed by atoms with van der Waals surface area (Å²) in [5.74, 6) is 0.805. The van der Waals surface area contributed by atoms with Gasteiger partial charge in [-0.3, -0.25) is 0 Å². The van der Waals surface area contributed by atoms with Crippen LogP contribution in [-0.4, -0.2) is 6.54 Å². The fraction of sp³-hybridized carbons (Fsp3) is 0.600. The first-order valence-corrected chi connectivity index (χ1v) is 8.64. The quantitative estimate of drug-likeness (QED) is 0.712. The molecule has 0 amide bonds. The van der Waals surface area contributed by atoms with E-state index in [1.807, 2.05) is 22.7 Å². The zero-order valence-corrected chi connectivity index (χ0v) is 13.2. The fourth-order valence-electron chi connectivity index (χ4n) is 2.52. The minimum absolute atomic E-state index is 0.543. The van der Waals surface area contributed by atoms with E-state index in [0.717, 1.165) is 12.5 Å². The first-order valence-electron chi connectivity index (χ1n) is 6.94. The van der Waals surface area contributed by atoms with Crippen LogP contribution in [-0.2, 0) is 0 Å². The zero-order chi connectivity index (χ0) is 13.0. The lowest BCUT2D eigenvalue weighted by Crippen LogP contribution is -2.22. The average molecular weight is 281 g/mol. The largest absolute Gasteiger partial charge is 0.310 e. The predicted octanol–water partition coefficient (Wildman–Crippen LogP) is 5.44. The Bertz CT molecular complexity index is 443. The van der Waals surface area contributed by atoms with Gasteiger partial charge in [0, 0.05) is 20.3 Å². The summed E-state index contributed by atoms with van der Waals surface area (Å²) in [5, 5.41) is 5.84. The van der Waals surface area contributed by atoms with E-state index in [4.69, 9.17) is 0 Å². The second-order valence-corrected chi connectivity index (χ2v) is 7.10. The Morgan fingerprint density at radius 3 is 2.78 bits per heavy atom. The molecule has 0 spiro atoms. The van der Waals surface area contributed by atoms with Crippen LogP contribution in [0.2, 0.25) is 0 Å². The van der Waals surface area contributed by atoms with Gasteiger partial charge >= 0.3 is 0 Å². The molecule has 0 aliphatic heterocycles. The molecular formula is C15H23NS2.